The minimum Gasteiger partial charge on any atom is -0.379 e. The third kappa shape index (κ3) is 4.32. The second-order valence-corrected chi connectivity index (χ2v) is 10.6. The van der Waals surface area contributed by atoms with Crippen molar-refractivity contribution in [2.75, 3.05) is 31.2 Å². The van der Waals surface area contributed by atoms with Crippen molar-refractivity contribution in [3.63, 3.8) is 0 Å². The molecule has 0 aliphatic carbocycles. The van der Waals surface area contributed by atoms with Crippen molar-refractivity contribution in [2.45, 2.75) is 4.90 Å². The number of halogens is 1. The van der Waals surface area contributed by atoms with Gasteiger partial charge in [0.25, 0.3) is 5.91 Å². The highest BCUT2D eigenvalue weighted by atomic mass is 32.2. The van der Waals surface area contributed by atoms with E-state index in [4.69, 9.17) is 4.74 Å². The molecule has 1 aromatic heterocycles. The molecule has 0 unspecified atom stereocenters. The van der Waals surface area contributed by atoms with E-state index in [0.29, 0.717) is 37.1 Å². The van der Waals surface area contributed by atoms with E-state index in [-0.39, 0.29) is 10.5 Å². The number of hydrogen-bond acceptors (Lipinski definition) is 6. The number of amides is 1. The van der Waals surface area contributed by atoms with Crippen molar-refractivity contribution in [3.05, 3.63) is 84.2 Å². The van der Waals surface area contributed by atoms with Crippen LogP contribution in [0.1, 0.15) is 10.4 Å². The molecule has 0 atom stereocenters. The third-order valence-electron chi connectivity index (χ3n) is 5.47. The van der Waals surface area contributed by atoms with Crippen LogP contribution < -0.4 is 4.90 Å². The van der Waals surface area contributed by atoms with Crippen LogP contribution in [-0.4, -0.2) is 49.9 Å². The maximum absolute atomic E-state index is 13.6. The van der Waals surface area contributed by atoms with Crippen LogP contribution in [0, 0.1) is 5.82 Å². The highest BCUT2D eigenvalue weighted by molar-refractivity contribution is 7.89. The molecule has 2 heterocycles. The molecule has 0 N–H and O–H groups in total. The Morgan fingerprint density at radius 1 is 0.971 bits per heavy atom. The number of benzene rings is 3. The van der Waals surface area contributed by atoms with E-state index in [1.165, 1.54) is 69.1 Å². The lowest BCUT2D eigenvalue weighted by Gasteiger charge is -2.26. The number of hydrogen-bond donors (Lipinski definition) is 0. The van der Waals surface area contributed by atoms with Crippen LogP contribution in [0.2, 0.25) is 0 Å². The molecular weight excluding hydrogens is 477 g/mol. The lowest BCUT2D eigenvalue weighted by molar-refractivity contribution is 0.0730. The molecule has 3 aromatic carbocycles. The molecule has 1 aliphatic rings. The van der Waals surface area contributed by atoms with Gasteiger partial charge in [-0.15, -0.1) is 0 Å². The van der Waals surface area contributed by atoms with Crippen molar-refractivity contribution in [1.82, 2.24) is 9.29 Å². The average molecular weight is 498 g/mol. The number of morpholine rings is 1. The topological polar surface area (TPSA) is 79.8 Å². The van der Waals surface area contributed by atoms with Gasteiger partial charge >= 0.3 is 0 Å². The van der Waals surface area contributed by atoms with Gasteiger partial charge in [0.05, 0.1) is 34.0 Å². The fraction of sp³-hybridized carbons (Fsp3) is 0.167. The van der Waals surface area contributed by atoms with Crippen LogP contribution in [0.25, 0.3) is 10.2 Å². The number of anilines is 2. The summed E-state index contributed by atoms with van der Waals surface area (Å²) in [5, 5.41) is 0.433. The molecule has 1 fully saturated rings. The summed E-state index contributed by atoms with van der Waals surface area (Å²) in [6.07, 6.45) is 0. The minimum atomic E-state index is -3.67. The third-order valence-corrected chi connectivity index (χ3v) is 8.41. The van der Waals surface area contributed by atoms with Crippen molar-refractivity contribution in [2.24, 2.45) is 0 Å². The highest BCUT2D eigenvalue weighted by Crippen LogP contribution is 2.35. The Hall–Kier alpha value is -3.18. The zero-order valence-corrected chi connectivity index (χ0v) is 19.6. The van der Waals surface area contributed by atoms with E-state index < -0.39 is 21.7 Å². The van der Waals surface area contributed by atoms with E-state index in [1.807, 2.05) is 24.3 Å². The van der Waals surface area contributed by atoms with Crippen LogP contribution >= 0.6 is 11.3 Å². The second kappa shape index (κ2) is 9.22. The number of rotatable bonds is 5. The SMILES string of the molecule is O=C(c1ccc(S(=O)(=O)N2CCOCC2)cc1)N(c1ccc(F)cc1)c1nc2ccccc2s1. The van der Waals surface area contributed by atoms with E-state index in [0.717, 1.165) is 10.2 Å². The van der Waals surface area contributed by atoms with E-state index in [1.54, 1.807) is 0 Å². The van der Waals surface area contributed by atoms with Gasteiger partial charge in [-0.2, -0.15) is 4.31 Å². The van der Waals surface area contributed by atoms with Crippen molar-refractivity contribution >= 4 is 48.3 Å². The van der Waals surface area contributed by atoms with Gasteiger partial charge in [-0.1, -0.05) is 23.5 Å². The molecule has 1 saturated heterocycles. The molecule has 1 amide bonds. The summed E-state index contributed by atoms with van der Waals surface area (Å²) in [5.74, 6) is -0.820. The van der Waals surface area contributed by atoms with Crippen LogP contribution in [0.4, 0.5) is 15.2 Å². The molecule has 7 nitrogen and oxygen atoms in total. The summed E-state index contributed by atoms with van der Waals surface area (Å²) in [6.45, 7) is 1.28. The summed E-state index contributed by atoms with van der Waals surface area (Å²) in [6, 6.07) is 18.9. The maximum Gasteiger partial charge on any atom is 0.264 e. The Labute approximate surface area is 200 Å². The molecule has 0 radical (unpaired) electrons. The quantitative estimate of drug-likeness (QED) is 0.407. The predicted molar refractivity (Wildman–Crippen MR) is 129 cm³/mol. The largest absolute Gasteiger partial charge is 0.379 e. The minimum absolute atomic E-state index is 0.110. The Balaban J connectivity index is 1.50. The van der Waals surface area contributed by atoms with E-state index in [9.17, 15) is 17.6 Å². The normalized spacial score (nSPS) is 14.9. The van der Waals surface area contributed by atoms with Crippen molar-refractivity contribution in [1.29, 1.82) is 0 Å². The van der Waals surface area contributed by atoms with Gasteiger partial charge in [-0.3, -0.25) is 9.69 Å². The Morgan fingerprint density at radius 2 is 1.65 bits per heavy atom. The van der Waals surface area contributed by atoms with Crippen LogP contribution in [0.3, 0.4) is 0 Å². The lowest BCUT2D eigenvalue weighted by Crippen LogP contribution is -2.40. The number of carbonyl (C=O) groups is 1. The number of fused-ring (bicyclic) bond motifs is 1. The molecule has 34 heavy (non-hydrogen) atoms. The van der Waals surface area contributed by atoms with E-state index in [2.05, 4.69) is 4.98 Å². The average Bonchev–Trinajstić information content (AvgIpc) is 3.29. The summed E-state index contributed by atoms with van der Waals surface area (Å²) in [5.41, 5.74) is 1.48. The summed E-state index contributed by atoms with van der Waals surface area (Å²) in [4.78, 5) is 19.7. The first-order chi connectivity index (χ1) is 16.4. The van der Waals surface area contributed by atoms with Gasteiger partial charge < -0.3 is 4.74 Å². The first-order valence-electron chi connectivity index (χ1n) is 10.6. The highest BCUT2D eigenvalue weighted by Gasteiger charge is 2.28. The van der Waals surface area contributed by atoms with Gasteiger partial charge in [0, 0.05) is 18.7 Å². The number of para-hydroxylation sites is 1. The molecule has 5 rings (SSSR count). The van der Waals surface area contributed by atoms with Crippen LogP contribution in [0.15, 0.2) is 77.7 Å². The Bertz CT molecular complexity index is 1400. The van der Waals surface area contributed by atoms with Gasteiger partial charge in [0.2, 0.25) is 10.0 Å². The fourth-order valence-corrected chi connectivity index (χ4v) is 6.09. The first kappa shape index (κ1) is 22.6. The number of ether oxygens (including phenoxy) is 1. The monoisotopic (exact) mass is 497 g/mol. The number of aromatic nitrogens is 1. The van der Waals surface area contributed by atoms with E-state index >= 15 is 0 Å². The molecule has 174 valence electrons. The zero-order chi connectivity index (χ0) is 23.7. The van der Waals surface area contributed by atoms with Crippen LogP contribution in [-0.2, 0) is 14.8 Å². The maximum atomic E-state index is 13.6. The van der Waals surface area contributed by atoms with Gasteiger partial charge in [-0.05, 0) is 60.7 Å². The first-order valence-corrected chi connectivity index (χ1v) is 12.8. The Morgan fingerprint density at radius 3 is 2.32 bits per heavy atom. The molecule has 0 saturated carbocycles. The predicted octanol–water partition coefficient (Wildman–Crippen LogP) is 4.43. The molecule has 0 spiro atoms. The number of nitrogens with zero attached hydrogens (tertiary/aromatic N) is 3. The molecule has 10 heteroatoms. The second-order valence-electron chi connectivity index (χ2n) is 7.62. The standard InChI is InChI=1S/C24H20FN3O4S2/c25-18-7-9-19(10-8-18)28(24-26-21-3-1-2-4-22(21)33-24)23(29)17-5-11-20(12-6-17)34(30,31)27-13-15-32-16-14-27/h1-12H,13-16H2. The number of sulfonamides is 1. The van der Waals surface area contributed by atoms with Gasteiger partial charge in [0.1, 0.15) is 5.82 Å². The fourth-order valence-electron chi connectivity index (χ4n) is 3.70. The lowest BCUT2D eigenvalue weighted by atomic mass is 10.2. The molecular formula is C24H20FN3O4S2. The number of carbonyl (C=O) groups excluding carboxylic acids is 1. The van der Waals surface area contributed by atoms with Gasteiger partial charge in [0.15, 0.2) is 5.13 Å². The van der Waals surface area contributed by atoms with Crippen molar-refractivity contribution < 1.29 is 22.3 Å². The number of thiazole rings is 1. The smallest absolute Gasteiger partial charge is 0.264 e. The summed E-state index contributed by atoms with van der Waals surface area (Å²) >= 11 is 1.34. The summed E-state index contributed by atoms with van der Waals surface area (Å²) in [7, 11) is -3.67. The van der Waals surface area contributed by atoms with Crippen LogP contribution in [0.5, 0.6) is 0 Å². The molecule has 1 aliphatic heterocycles. The van der Waals surface area contributed by atoms with Crippen molar-refractivity contribution in [3.8, 4) is 0 Å². The Kier molecular flexibility index (Phi) is 6.13. The molecule has 0 bridgehead atoms. The van der Waals surface area contributed by atoms with Gasteiger partial charge in [-0.25, -0.2) is 17.8 Å². The molecule has 4 aromatic rings. The zero-order valence-electron chi connectivity index (χ0n) is 17.9. The summed E-state index contributed by atoms with van der Waals surface area (Å²) < 4.78 is 46.9.